The van der Waals surface area contributed by atoms with Crippen molar-refractivity contribution in [2.45, 2.75) is 0 Å². The van der Waals surface area contributed by atoms with Crippen LogP contribution in [-0.2, 0) is 9.68 Å². The first-order chi connectivity index (χ1) is 6.00. The molecule has 5 heteroatoms. The summed E-state index contributed by atoms with van der Waals surface area (Å²) in [7, 11) is 0. The number of hydrogen-bond donors (Lipinski definition) is 2. The van der Waals surface area contributed by atoms with Gasteiger partial charge in [-0.2, -0.15) is 5.10 Å². The van der Waals surface area contributed by atoms with Crippen LogP contribution in [0, 0.1) is 0 Å². The molecule has 0 aliphatic carbocycles. The zero-order chi connectivity index (χ0) is 8.49. The summed E-state index contributed by atoms with van der Waals surface area (Å²) in [6.45, 7) is 0. The Morgan fingerprint density at radius 2 is 1.92 bits per heavy atom. The molecule has 64 valence electrons. The normalized spacial score (nSPS) is 16.0. The van der Waals surface area contributed by atoms with Crippen molar-refractivity contribution in [1.82, 2.24) is 11.1 Å². The van der Waals surface area contributed by atoms with E-state index >= 15 is 0 Å². The molecule has 0 aromatic rings. The fourth-order valence-electron chi connectivity index (χ4n) is 0.467. The SMILES string of the molecule is C1=CNOC=C1.C1=CONN=C1. The number of nitrogens with one attached hydrogen (secondary N) is 2. The Hall–Kier alpha value is -1.91. The van der Waals surface area contributed by atoms with Crippen molar-refractivity contribution in [2.24, 2.45) is 5.10 Å². The fraction of sp³-hybridized carbons (Fsp3) is 0. The Labute approximate surface area is 70.0 Å². The molecule has 0 unspecified atom stereocenters. The largest absolute Gasteiger partial charge is 0.391 e. The second-order valence-electron chi connectivity index (χ2n) is 1.74. The molecule has 0 radical (unpaired) electrons. The van der Waals surface area contributed by atoms with E-state index in [1.165, 1.54) is 6.26 Å². The summed E-state index contributed by atoms with van der Waals surface area (Å²) in [4.78, 5) is 8.99. The van der Waals surface area contributed by atoms with Gasteiger partial charge in [0.25, 0.3) is 0 Å². The summed E-state index contributed by atoms with van der Waals surface area (Å²) in [5.41, 5.74) is 4.78. The van der Waals surface area contributed by atoms with Crippen LogP contribution >= 0.6 is 0 Å². The van der Waals surface area contributed by atoms with Crippen LogP contribution in [0.1, 0.15) is 0 Å². The van der Waals surface area contributed by atoms with E-state index in [2.05, 4.69) is 25.8 Å². The van der Waals surface area contributed by atoms with Gasteiger partial charge in [0, 0.05) is 6.20 Å². The van der Waals surface area contributed by atoms with Crippen molar-refractivity contribution in [3.8, 4) is 0 Å². The molecule has 0 saturated heterocycles. The molecule has 0 bridgehead atoms. The highest BCUT2D eigenvalue weighted by Crippen LogP contribution is 1.80. The van der Waals surface area contributed by atoms with Gasteiger partial charge in [0.1, 0.15) is 12.5 Å². The van der Waals surface area contributed by atoms with Crippen molar-refractivity contribution in [3.05, 3.63) is 37.0 Å². The van der Waals surface area contributed by atoms with Gasteiger partial charge in [-0.1, -0.05) is 0 Å². The quantitative estimate of drug-likeness (QED) is 0.553. The summed E-state index contributed by atoms with van der Waals surface area (Å²) in [5, 5.41) is 3.49. The van der Waals surface area contributed by atoms with E-state index in [0.29, 0.717) is 0 Å². The first kappa shape index (κ1) is 8.19. The lowest BCUT2D eigenvalue weighted by molar-refractivity contribution is 0.136. The monoisotopic (exact) mass is 167 g/mol. The molecule has 0 saturated carbocycles. The molecule has 2 rings (SSSR count). The van der Waals surface area contributed by atoms with Crippen LogP contribution in [-0.4, -0.2) is 6.21 Å². The highest BCUT2D eigenvalue weighted by molar-refractivity contribution is 5.70. The minimum absolute atomic E-state index is 1.51. The maximum absolute atomic E-state index is 4.55. The lowest BCUT2D eigenvalue weighted by Crippen LogP contribution is -2.03. The topological polar surface area (TPSA) is 54.9 Å². The van der Waals surface area contributed by atoms with Crippen LogP contribution in [0.25, 0.3) is 0 Å². The second kappa shape index (κ2) is 5.84. The molecule has 12 heavy (non-hydrogen) atoms. The number of hydrazone groups is 1. The molecule has 0 fully saturated rings. The van der Waals surface area contributed by atoms with Gasteiger partial charge in [-0.15, -0.1) is 5.59 Å². The van der Waals surface area contributed by atoms with Crippen molar-refractivity contribution in [2.75, 3.05) is 0 Å². The number of hydroxylamine groups is 1. The molecular weight excluding hydrogens is 158 g/mol. The molecule has 2 heterocycles. The van der Waals surface area contributed by atoms with Crippen molar-refractivity contribution >= 4 is 6.21 Å². The summed E-state index contributed by atoms with van der Waals surface area (Å²) in [6.07, 6.45) is 11.7. The average Bonchev–Trinajstić information content (AvgIpc) is 2.24. The summed E-state index contributed by atoms with van der Waals surface area (Å²) in [6, 6.07) is 0. The third-order valence-corrected chi connectivity index (χ3v) is 0.903. The van der Waals surface area contributed by atoms with E-state index in [0.717, 1.165) is 0 Å². The molecule has 0 atom stereocenters. The van der Waals surface area contributed by atoms with E-state index in [4.69, 9.17) is 0 Å². The molecule has 2 aliphatic heterocycles. The van der Waals surface area contributed by atoms with Crippen LogP contribution in [0.2, 0.25) is 0 Å². The van der Waals surface area contributed by atoms with Crippen LogP contribution in [0.4, 0.5) is 0 Å². The maximum Gasteiger partial charge on any atom is 0.122 e. The molecule has 0 spiro atoms. The van der Waals surface area contributed by atoms with E-state index < -0.39 is 0 Å². The molecule has 2 aliphatic rings. The predicted octanol–water partition coefficient (Wildman–Crippen LogP) is 0.569. The van der Waals surface area contributed by atoms with Gasteiger partial charge in [-0.25, -0.2) is 5.48 Å². The zero-order valence-corrected chi connectivity index (χ0v) is 6.31. The molecule has 0 aromatic heterocycles. The molecule has 5 nitrogen and oxygen atoms in total. The van der Waals surface area contributed by atoms with E-state index in [9.17, 15) is 0 Å². The van der Waals surface area contributed by atoms with E-state index in [-0.39, 0.29) is 0 Å². The van der Waals surface area contributed by atoms with Gasteiger partial charge in [0.15, 0.2) is 0 Å². The van der Waals surface area contributed by atoms with Crippen LogP contribution in [0.3, 0.4) is 0 Å². The lowest BCUT2D eigenvalue weighted by Gasteiger charge is -1.97. The zero-order valence-electron chi connectivity index (χ0n) is 6.31. The van der Waals surface area contributed by atoms with E-state index in [1.807, 2.05) is 6.08 Å². The standard InChI is InChI=1S/C4H5NO.C3H4N2O/c1-2-4-6-5-3-1;1-2-4-5-6-3-1/h1-5H;1-3,5H. The van der Waals surface area contributed by atoms with Crippen molar-refractivity contribution < 1.29 is 9.68 Å². The summed E-state index contributed by atoms with van der Waals surface area (Å²) < 4.78 is 0. The molecule has 2 N–H and O–H groups in total. The third-order valence-electron chi connectivity index (χ3n) is 0.903. The summed E-state index contributed by atoms with van der Waals surface area (Å²) in [5.74, 6) is 0. The number of hydrogen-bond acceptors (Lipinski definition) is 5. The lowest BCUT2D eigenvalue weighted by atomic mass is 10.6. The van der Waals surface area contributed by atoms with Crippen molar-refractivity contribution in [1.29, 1.82) is 0 Å². The van der Waals surface area contributed by atoms with Crippen LogP contribution in [0.5, 0.6) is 0 Å². The van der Waals surface area contributed by atoms with E-state index in [1.54, 1.807) is 30.8 Å². The van der Waals surface area contributed by atoms with Gasteiger partial charge in [0.2, 0.25) is 0 Å². The fourth-order valence-corrected chi connectivity index (χ4v) is 0.467. The number of nitrogens with zero attached hydrogens (tertiary/aromatic N) is 1. The first-order valence-corrected chi connectivity index (χ1v) is 3.32. The Morgan fingerprint density at radius 3 is 2.08 bits per heavy atom. The molecular formula is C7H9N3O2. The summed E-state index contributed by atoms with van der Waals surface area (Å²) >= 11 is 0. The Balaban J connectivity index is 0.000000120. The van der Waals surface area contributed by atoms with Gasteiger partial charge >= 0.3 is 0 Å². The first-order valence-electron chi connectivity index (χ1n) is 3.32. The Kier molecular flexibility index (Phi) is 3.99. The maximum atomic E-state index is 4.55. The molecule has 0 aromatic carbocycles. The number of allylic oxidation sites excluding steroid dienone is 3. The molecule has 0 amide bonds. The van der Waals surface area contributed by atoms with Gasteiger partial charge in [-0.05, 0) is 18.2 Å². The minimum atomic E-state index is 1.51. The van der Waals surface area contributed by atoms with Crippen LogP contribution < -0.4 is 11.1 Å². The Bertz CT molecular complexity index is 173. The third kappa shape index (κ3) is 3.99. The van der Waals surface area contributed by atoms with Gasteiger partial charge in [0.05, 0.1) is 6.21 Å². The smallest absolute Gasteiger partial charge is 0.122 e. The highest BCUT2D eigenvalue weighted by atomic mass is 16.7. The van der Waals surface area contributed by atoms with Gasteiger partial charge < -0.3 is 9.68 Å². The minimum Gasteiger partial charge on any atom is -0.391 e. The van der Waals surface area contributed by atoms with Crippen molar-refractivity contribution in [3.63, 3.8) is 0 Å². The van der Waals surface area contributed by atoms with Gasteiger partial charge in [-0.3, -0.25) is 0 Å². The highest BCUT2D eigenvalue weighted by Gasteiger charge is 1.73. The number of rotatable bonds is 0. The predicted molar refractivity (Wildman–Crippen MR) is 44.4 cm³/mol. The average molecular weight is 167 g/mol. The second-order valence-corrected chi connectivity index (χ2v) is 1.74. The Morgan fingerprint density at radius 1 is 1.00 bits per heavy atom. The van der Waals surface area contributed by atoms with Crippen LogP contribution in [0.15, 0.2) is 42.1 Å².